The Balaban J connectivity index is 1.80. The summed E-state index contributed by atoms with van der Waals surface area (Å²) in [6.07, 6.45) is 4.15. The Labute approximate surface area is 166 Å². The molecule has 0 saturated heterocycles. The zero-order chi connectivity index (χ0) is 19.9. The number of benzene rings is 3. The van der Waals surface area contributed by atoms with E-state index in [0.717, 1.165) is 42.4 Å². The van der Waals surface area contributed by atoms with Crippen LogP contribution < -0.4 is 0 Å². The third kappa shape index (κ3) is 4.75. The van der Waals surface area contributed by atoms with Crippen LogP contribution in [0, 0.1) is 0 Å². The molecule has 144 valence electrons. The lowest BCUT2D eigenvalue weighted by Crippen LogP contribution is -1.88. The Morgan fingerprint density at radius 2 is 0.857 bits per heavy atom. The van der Waals surface area contributed by atoms with Crippen molar-refractivity contribution in [1.82, 2.24) is 0 Å². The molecule has 0 aliphatic carbocycles. The Morgan fingerprint density at radius 1 is 0.536 bits per heavy atom. The van der Waals surface area contributed by atoms with Crippen molar-refractivity contribution in [1.29, 1.82) is 0 Å². The van der Waals surface area contributed by atoms with Crippen molar-refractivity contribution in [3.05, 3.63) is 95.1 Å². The molecule has 3 rings (SSSR count). The molecule has 0 bridgehead atoms. The summed E-state index contributed by atoms with van der Waals surface area (Å²) in [7, 11) is 0. The van der Waals surface area contributed by atoms with Crippen molar-refractivity contribution in [2.75, 3.05) is 0 Å². The second kappa shape index (κ2) is 9.45. The highest BCUT2D eigenvalue weighted by atomic mass is 19.2. The zero-order valence-electron chi connectivity index (χ0n) is 16.5. The largest absolute Gasteiger partial charge is 0.203 e. The van der Waals surface area contributed by atoms with E-state index in [4.69, 9.17) is 0 Å². The molecule has 2 heteroatoms. The third-order valence-corrected chi connectivity index (χ3v) is 4.90. The van der Waals surface area contributed by atoms with E-state index in [1.807, 2.05) is 24.3 Å². The molecule has 0 N–H and O–H groups in total. The van der Waals surface area contributed by atoms with E-state index in [2.05, 4.69) is 38.1 Å². The van der Waals surface area contributed by atoms with E-state index in [1.54, 1.807) is 24.3 Å². The van der Waals surface area contributed by atoms with Crippen molar-refractivity contribution in [2.45, 2.75) is 39.5 Å². The molecule has 0 unspecified atom stereocenters. The molecule has 0 aliphatic rings. The quantitative estimate of drug-likeness (QED) is 0.366. The lowest BCUT2D eigenvalue weighted by atomic mass is 10.0. The van der Waals surface area contributed by atoms with Gasteiger partial charge in [-0.05, 0) is 35.1 Å². The Bertz CT molecular complexity index is 918. The van der Waals surface area contributed by atoms with Crippen LogP contribution >= 0.6 is 0 Å². The van der Waals surface area contributed by atoms with Crippen molar-refractivity contribution in [2.24, 2.45) is 0 Å². The first kappa shape index (κ1) is 20.0. The maximum atomic E-state index is 14.6. The van der Waals surface area contributed by atoms with Gasteiger partial charge in [0.05, 0.1) is 0 Å². The minimum absolute atomic E-state index is 0.251. The highest BCUT2D eigenvalue weighted by Crippen LogP contribution is 2.30. The smallest absolute Gasteiger partial charge is 0.166 e. The molecule has 28 heavy (non-hydrogen) atoms. The molecular weight excluding hydrogens is 350 g/mol. The van der Waals surface area contributed by atoms with E-state index in [1.165, 1.54) is 5.56 Å². The van der Waals surface area contributed by atoms with Gasteiger partial charge in [0.25, 0.3) is 0 Å². The van der Waals surface area contributed by atoms with Crippen LogP contribution in [-0.4, -0.2) is 0 Å². The first-order chi connectivity index (χ1) is 13.6. The lowest BCUT2D eigenvalue weighted by Gasteiger charge is -2.07. The maximum absolute atomic E-state index is 14.6. The van der Waals surface area contributed by atoms with Gasteiger partial charge >= 0.3 is 0 Å². The molecule has 0 saturated carbocycles. The average molecular weight is 376 g/mol. The number of hydrogen-bond acceptors (Lipinski definition) is 0. The monoisotopic (exact) mass is 376 g/mol. The van der Waals surface area contributed by atoms with Gasteiger partial charge in [0.2, 0.25) is 0 Å². The Morgan fingerprint density at radius 3 is 1.25 bits per heavy atom. The van der Waals surface area contributed by atoms with E-state index < -0.39 is 11.7 Å². The minimum Gasteiger partial charge on any atom is -0.203 e. The number of aryl methyl sites for hydroxylation is 2. The van der Waals surface area contributed by atoms with Gasteiger partial charge in [0, 0.05) is 11.1 Å². The van der Waals surface area contributed by atoms with E-state index in [-0.39, 0.29) is 11.1 Å². The minimum atomic E-state index is -0.826. The molecule has 3 aromatic carbocycles. The Kier molecular flexibility index (Phi) is 6.76. The van der Waals surface area contributed by atoms with Gasteiger partial charge in [0.1, 0.15) is 0 Å². The van der Waals surface area contributed by atoms with Crippen molar-refractivity contribution in [3.63, 3.8) is 0 Å². The van der Waals surface area contributed by atoms with Gasteiger partial charge in [-0.3, -0.25) is 0 Å². The maximum Gasteiger partial charge on any atom is 0.166 e. The first-order valence-electron chi connectivity index (χ1n) is 9.96. The topological polar surface area (TPSA) is 0 Å². The van der Waals surface area contributed by atoms with Crippen LogP contribution in [0.2, 0.25) is 0 Å². The van der Waals surface area contributed by atoms with Crippen LogP contribution in [0.5, 0.6) is 0 Å². The fraction of sp³-hybridized carbons (Fsp3) is 0.231. The normalized spacial score (nSPS) is 12.0. The summed E-state index contributed by atoms with van der Waals surface area (Å²) in [5.74, 6) is -1.65. The summed E-state index contributed by atoms with van der Waals surface area (Å²) in [6.45, 7) is 4.25. The highest BCUT2D eigenvalue weighted by molar-refractivity contribution is 5.83. The molecular formula is C26H26F2. The van der Waals surface area contributed by atoms with Crippen molar-refractivity contribution in [3.8, 4) is 11.1 Å². The van der Waals surface area contributed by atoms with Crippen LogP contribution in [0.3, 0.4) is 0 Å². The predicted octanol–water partition coefficient (Wildman–Crippen LogP) is 8.02. The molecule has 0 heterocycles. The molecule has 0 aliphatic heterocycles. The van der Waals surface area contributed by atoms with Gasteiger partial charge in [-0.25, -0.2) is 8.78 Å². The van der Waals surface area contributed by atoms with Crippen LogP contribution in [0.25, 0.3) is 22.8 Å². The van der Waals surface area contributed by atoms with Crippen LogP contribution in [-0.2, 0) is 12.8 Å². The summed E-state index contributed by atoms with van der Waals surface area (Å²) in [4.78, 5) is 0. The fourth-order valence-electron chi connectivity index (χ4n) is 3.32. The summed E-state index contributed by atoms with van der Waals surface area (Å²) in [5.41, 5.74) is 5.03. The number of hydrogen-bond donors (Lipinski definition) is 0. The molecule has 3 aromatic rings. The average Bonchev–Trinajstić information content (AvgIpc) is 2.74. The summed E-state index contributed by atoms with van der Waals surface area (Å²) < 4.78 is 29.2. The third-order valence-electron chi connectivity index (χ3n) is 4.90. The summed E-state index contributed by atoms with van der Waals surface area (Å²) in [6, 6.07) is 22.3. The molecule has 0 nitrogen and oxygen atoms in total. The predicted molar refractivity (Wildman–Crippen MR) is 115 cm³/mol. The second-order valence-corrected chi connectivity index (χ2v) is 7.10. The number of halogens is 2. The number of rotatable bonds is 7. The molecule has 0 fully saturated rings. The second-order valence-electron chi connectivity index (χ2n) is 7.10. The van der Waals surface area contributed by atoms with Crippen molar-refractivity contribution < 1.29 is 8.78 Å². The summed E-state index contributed by atoms with van der Waals surface area (Å²) >= 11 is 0. The van der Waals surface area contributed by atoms with Gasteiger partial charge in [-0.2, -0.15) is 0 Å². The van der Waals surface area contributed by atoms with Gasteiger partial charge in [-0.15, -0.1) is 0 Å². The first-order valence-corrected chi connectivity index (χ1v) is 9.96. The lowest BCUT2D eigenvalue weighted by molar-refractivity contribution is 0.700. The highest BCUT2D eigenvalue weighted by Gasteiger charge is 2.12. The van der Waals surface area contributed by atoms with Gasteiger partial charge in [0.15, 0.2) is 11.7 Å². The molecule has 0 amide bonds. The fourth-order valence-corrected chi connectivity index (χ4v) is 3.32. The molecule has 0 spiro atoms. The van der Waals surface area contributed by atoms with E-state index in [9.17, 15) is 8.78 Å². The van der Waals surface area contributed by atoms with Crippen LogP contribution in [0.15, 0.2) is 72.8 Å². The standard InChI is InChI=1S/C26H26F2/c1-3-5-19-7-11-21(12-8-19)22-15-17-24(18-16-22)26(28)25(27)23-13-9-20(6-4-2)10-14-23/h7-18H,3-6H2,1-2H3/b26-25+. The van der Waals surface area contributed by atoms with E-state index in [0.29, 0.717) is 0 Å². The van der Waals surface area contributed by atoms with Gasteiger partial charge < -0.3 is 0 Å². The van der Waals surface area contributed by atoms with Gasteiger partial charge in [-0.1, -0.05) is 99.5 Å². The van der Waals surface area contributed by atoms with Crippen LogP contribution in [0.1, 0.15) is 48.9 Å². The zero-order valence-corrected chi connectivity index (χ0v) is 16.5. The Hall–Kier alpha value is -2.74. The SMILES string of the molecule is CCCc1ccc(/C(F)=C(\F)c2ccc(-c3ccc(CCC)cc3)cc2)cc1. The molecule has 0 radical (unpaired) electrons. The van der Waals surface area contributed by atoms with E-state index >= 15 is 0 Å². The molecule has 0 aromatic heterocycles. The summed E-state index contributed by atoms with van der Waals surface area (Å²) in [5, 5.41) is 0. The molecule has 0 atom stereocenters. The van der Waals surface area contributed by atoms with Crippen LogP contribution in [0.4, 0.5) is 8.78 Å². The van der Waals surface area contributed by atoms with Crippen molar-refractivity contribution >= 4 is 11.7 Å².